The summed E-state index contributed by atoms with van der Waals surface area (Å²) in [5.74, 6) is -1.27. The second kappa shape index (κ2) is 12.6. The molecule has 0 aliphatic carbocycles. The molecule has 4 atom stereocenters. The fraction of sp³-hybridized carbons (Fsp3) is 0.280. The molecule has 0 spiro atoms. The third-order valence-corrected chi connectivity index (χ3v) is 8.59. The van der Waals surface area contributed by atoms with Crippen LogP contribution in [0.25, 0.3) is 0 Å². The number of benzene rings is 2. The Labute approximate surface area is 243 Å². The number of hydrogen-bond acceptors (Lipinski definition) is 7. The van der Waals surface area contributed by atoms with Gasteiger partial charge in [0.2, 0.25) is 0 Å². The van der Waals surface area contributed by atoms with Crippen LogP contribution in [0.1, 0.15) is 43.8 Å². The van der Waals surface area contributed by atoms with Crippen molar-refractivity contribution in [2.75, 3.05) is 11.9 Å². The first-order valence-corrected chi connectivity index (χ1v) is 14.1. The lowest BCUT2D eigenvalue weighted by Crippen LogP contribution is -2.35. The number of nitrogens with one attached hydrogen (secondary N) is 1. The van der Waals surface area contributed by atoms with E-state index < -0.39 is 41.6 Å². The molecule has 1 N–H and O–H groups in total. The molecule has 13 heteroatoms. The summed E-state index contributed by atoms with van der Waals surface area (Å²) < 4.78 is 18.4. The number of halogens is 4. The summed E-state index contributed by atoms with van der Waals surface area (Å²) in [4.78, 5) is 52.2. The van der Waals surface area contributed by atoms with Gasteiger partial charge in [-0.1, -0.05) is 55.1 Å². The highest BCUT2D eigenvalue weighted by Gasteiger charge is 2.40. The number of aromatic amines is 1. The van der Waals surface area contributed by atoms with Crippen molar-refractivity contribution >= 4 is 67.0 Å². The molecule has 4 rings (SSSR count). The minimum Gasteiger partial charge on any atom is -0.459 e. The van der Waals surface area contributed by atoms with E-state index in [1.54, 1.807) is 24.3 Å². The van der Waals surface area contributed by atoms with Crippen molar-refractivity contribution < 1.29 is 23.8 Å². The van der Waals surface area contributed by atoms with Gasteiger partial charge in [0.15, 0.2) is 0 Å². The summed E-state index contributed by atoms with van der Waals surface area (Å²) in [6.07, 6.45) is -1.22. The van der Waals surface area contributed by atoms with Crippen LogP contribution in [0.15, 0.2) is 64.3 Å². The van der Waals surface area contributed by atoms with Gasteiger partial charge in [0, 0.05) is 33.6 Å². The molecular formula is C25H20Br2Cl2N2O7. The SMILES string of the molecule is O=C(OC[C@H]1O[C@@H](n2cc(C(Br)CBr)c(=O)[nH]c2=O)C[C@@H]1OC(=O)c1ccc(Cl)cc1)c1ccc(Cl)cc1. The van der Waals surface area contributed by atoms with E-state index in [9.17, 15) is 19.2 Å². The van der Waals surface area contributed by atoms with Crippen molar-refractivity contribution in [2.45, 2.75) is 29.7 Å². The number of hydrogen-bond donors (Lipinski definition) is 1. The Bertz CT molecular complexity index is 1430. The maximum Gasteiger partial charge on any atom is 0.338 e. The molecule has 200 valence electrons. The molecule has 2 heterocycles. The fourth-order valence-electron chi connectivity index (χ4n) is 3.78. The fourth-order valence-corrected chi connectivity index (χ4v) is 4.71. The number of ether oxygens (including phenoxy) is 3. The summed E-state index contributed by atoms with van der Waals surface area (Å²) in [5.41, 5.74) is -0.391. The Morgan fingerprint density at radius 2 is 1.61 bits per heavy atom. The first-order valence-electron chi connectivity index (χ1n) is 11.3. The van der Waals surface area contributed by atoms with Crippen LogP contribution in [0.4, 0.5) is 0 Å². The predicted molar refractivity (Wildman–Crippen MR) is 148 cm³/mol. The number of rotatable bonds is 8. The lowest BCUT2D eigenvalue weighted by molar-refractivity contribution is -0.0583. The number of alkyl halides is 2. The number of carbonyl (C=O) groups excluding carboxylic acids is 2. The Morgan fingerprint density at radius 1 is 1.03 bits per heavy atom. The van der Waals surface area contributed by atoms with Gasteiger partial charge in [0.1, 0.15) is 25.0 Å². The molecule has 1 aliphatic rings. The van der Waals surface area contributed by atoms with Gasteiger partial charge >= 0.3 is 17.6 Å². The average Bonchev–Trinajstić information content (AvgIpc) is 3.29. The van der Waals surface area contributed by atoms with Gasteiger partial charge in [-0.3, -0.25) is 14.3 Å². The minimum atomic E-state index is -0.907. The monoisotopic (exact) mass is 688 g/mol. The molecular weight excluding hydrogens is 671 g/mol. The molecule has 0 saturated carbocycles. The van der Waals surface area contributed by atoms with Gasteiger partial charge in [-0.25, -0.2) is 14.4 Å². The zero-order valence-corrected chi connectivity index (χ0v) is 24.1. The Kier molecular flexibility index (Phi) is 9.48. The Morgan fingerprint density at radius 3 is 2.18 bits per heavy atom. The second-order valence-electron chi connectivity index (χ2n) is 8.29. The molecule has 9 nitrogen and oxygen atoms in total. The van der Waals surface area contributed by atoms with E-state index >= 15 is 0 Å². The van der Waals surface area contributed by atoms with Crippen LogP contribution >= 0.6 is 55.1 Å². The van der Waals surface area contributed by atoms with E-state index in [0.717, 1.165) is 0 Å². The highest BCUT2D eigenvalue weighted by atomic mass is 79.9. The van der Waals surface area contributed by atoms with Gasteiger partial charge in [-0.15, -0.1) is 0 Å². The first kappa shape index (κ1) is 28.6. The highest BCUT2D eigenvalue weighted by Crippen LogP contribution is 2.32. The van der Waals surface area contributed by atoms with Crippen LogP contribution in [0, 0.1) is 0 Å². The van der Waals surface area contributed by atoms with Crippen molar-refractivity contribution in [3.63, 3.8) is 0 Å². The van der Waals surface area contributed by atoms with E-state index in [1.807, 2.05) is 0 Å². The van der Waals surface area contributed by atoms with E-state index in [0.29, 0.717) is 20.9 Å². The quantitative estimate of drug-likeness (QED) is 0.260. The van der Waals surface area contributed by atoms with E-state index in [4.69, 9.17) is 37.4 Å². The molecule has 0 radical (unpaired) electrons. The van der Waals surface area contributed by atoms with Crippen molar-refractivity contribution in [1.82, 2.24) is 9.55 Å². The maximum atomic E-state index is 12.8. The van der Waals surface area contributed by atoms with Gasteiger partial charge in [0.25, 0.3) is 5.56 Å². The molecule has 0 amide bonds. The number of carbonyl (C=O) groups is 2. The summed E-state index contributed by atoms with van der Waals surface area (Å²) in [6, 6.07) is 12.3. The summed E-state index contributed by atoms with van der Waals surface area (Å²) in [7, 11) is 0. The molecule has 0 bridgehead atoms. The summed E-state index contributed by atoms with van der Waals surface area (Å²) in [5, 5.41) is 1.35. The van der Waals surface area contributed by atoms with Crippen LogP contribution in [0.3, 0.4) is 0 Å². The van der Waals surface area contributed by atoms with Crippen molar-refractivity contribution in [3.8, 4) is 0 Å². The highest BCUT2D eigenvalue weighted by molar-refractivity contribution is 9.12. The Hall–Kier alpha value is -2.44. The molecule has 1 unspecified atom stereocenters. The van der Waals surface area contributed by atoms with Crippen LogP contribution < -0.4 is 11.2 Å². The summed E-state index contributed by atoms with van der Waals surface area (Å²) >= 11 is 18.5. The molecule has 1 saturated heterocycles. The molecule has 38 heavy (non-hydrogen) atoms. The molecule has 1 fully saturated rings. The number of nitrogens with zero attached hydrogens (tertiary/aromatic N) is 1. The number of H-pyrrole nitrogens is 1. The molecule has 1 aliphatic heterocycles. The van der Waals surface area contributed by atoms with Crippen LogP contribution in [0.5, 0.6) is 0 Å². The standard InChI is InChI=1S/C25H20Br2Cl2N2O7/c26-10-18(27)17-11-31(25(35)30-22(17)32)21-9-19(38-24(34)14-3-7-16(29)8-4-14)20(37-21)12-36-23(33)13-1-5-15(28)6-2-13/h1-8,11,18-21H,9-10,12H2,(H,30,32,35)/t18?,19-,20+,21+/m0/s1. The third-order valence-electron chi connectivity index (χ3n) is 5.76. The zero-order valence-electron chi connectivity index (χ0n) is 19.4. The topological polar surface area (TPSA) is 117 Å². The van der Waals surface area contributed by atoms with Gasteiger partial charge in [-0.2, -0.15) is 0 Å². The van der Waals surface area contributed by atoms with Gasteiger partial charge < -0.3 is 14.2 Å². The Balaban J connectivity index is 1.57. The van der Waals surface area contributed by atoms with Crippen molar-refractivity contribution in [1.29, 1.82) is 0 Å². The van der Waals surface area contributed by atoms with Crippen LogP contribution in [-0.2, 0) is 14.2 Å². The minimum absolute atomic E-state index is 0.0646. The third kappa shape index (κ3) is 6.76. The number of aromatic nitrogens is 2. The molecule has 1 aromatic heterocycles. The average molecular weight is 691 g/mol. The first-order chi connectivity index (χ1) is 18.2. The largest absolute Gasteiger partial charge is 0.459 e. The molecule has 3 aromatic rings. The normalized spacial score (nSPS) is 19.6. The molecule has 2 aromatic carbocycles. The summed E-state index contributed by atoms with van der Waals surface area (Å²) in [6.45, 7) is -0.260. The van der Waals surface area contributed by atoms with E-state index in [2.05, 4.69) is 36.8 Å². The smallest absolute Gasteiger partial charge is 0.338 e. The lowest BCUT2D eigenvalue weighted by Gasteiger charge is -2.19. The van der Waals surface area contributed by atoms with E-state index in [1.165, 1.54) is 35.0 Å². The van der Waals surface area contributed by atoms with Crippen molar-refractivity contribution in [2.24, 2.45) is 0 Å². The van der Waals surface area contributed by atoms with E-state index in [-0.39, 0.29) is 29.0 Å². The zero-order chi connectivity index (χ0) is 27.4. The van der Waals surface area contributed by atoms with Crippen molar-refractivity contribution in [3.05, 3.63) is 102 Å². The van der Waals surface area contributed by atoms with Gasteiger partial charge in [-0.05, 0) is 48.5 Å². The van der Waals surface area contributed by atoms with Crippen LogP contribution in [-0.4, -0.2) is 45.6 Å². The predicted octanol–water partition coefficient (Wildman–Crippen LogP) is 5.04. The second-order valence-corrected chi connectivity index (χ2v) is 10.9. The van der Waals surface area contributed by atoms with Crippen LogP contribution in [0.2, 0.25) is 10.0 Å². The lowest BCUT2D eigenvalue weighted by atomic mass is 10.1. The maximum absolute atomic E-state index is 12.8. The van der Waals surface area contributed by atoms with Gasteiger partial charge in [0.05, 0.1) is 16.0 Å². The number of esters is 2.